The molecule has 1 atom stereocenters. The van der Waals surface area contributed by atoms with Crippen molar-refractivity contribution in [1.82, 2.24) is 10.2 Å². The summed E-state index contributed by atoms with van der Waals surface area (Å²) in [4.78, 5) is 21.2. The first-order chi connectivity index (χ1) is 20.1. The summed E-state index contributed by atoms with van der Waals surface area (Å²) in [5, 5.41) is 3.36. The van der Waals surface area contributed by atoms with E-state index in [1.54, 1.807) is 6.26 Å². The smallest absolute Gasteiger partial charge is 0.338 e. The largest absolute Gasteiger partial charge is 0.462 e. The molecule has 7 heteroatoms. The Morgan fingerprint density at radius 1 is 1.00 bits per heavy atom. The van der Waals surface area contributed by atoms with Crippen molar-refractivity contribution in [3.8, 4) is 0 Å². The average molecular weight is 556 g/mol. The van der Waals surface area contributed by atoms with Crippen molar-refractivity contribution >= 4 is 11.8 Å². The maximum atomic E-state index is 13.8. The quantitative estimate of drug-likeness (QED) is 0.221. The molecule has 1 saturated heterocycles. The number of nitrogens with zero attached hydrogens (tertiary/aromatic N) is 2. The van der Waals surface area contributed by atoms with Crippen LogP contribution in [-0.4, -0.2) is 56.2 Å². The number of rotatable bonds is 12. The SMILES string of the molecule is Cc1ccc(C2N=C(c3ccco3)NC(COCCN3CCCCC3)=C2C(=O)OCCCc2ccccc2)cc1C. The number of hydrogen-bond acceptors (Lipinski definition) is 7. The molecule has 0 saturated carbocycles. The summed E-state index contributed by atoms with van der Waals surface area (Å²) in [7, 11) is 0. The third kappa shape index (κ3) is 7.75. The number of furan rings is 1. The standard InChI is InChI=1S/C34H41N3O4/c1-25-15-16-28(23-26(25)2)32-31(34(38)41-21-9-13-27-11-5-3-6-12-27)29(35-33(36-32)30-14-10-20-40-30)24-39-22-19-37-17-7-4-8-18-37/h3,5-6,10-12,14-16,20,23,32H,4,7-9,13,17-19,21-22,24H2,1-2H3,(H,35,36). The summed E-state index contributed by atoms with van der Waals surface area (Å²) in [5.74, 6) is 0.819. The normalized spacial score (nSPS) is 17.7. The number of ether oxygens (including phenoxy) is 2. The monoisotopic (exact) mass is 555 g/mol. The van der Waals surface area contributed by atoms with E-state index in [4.69, 9.17) is 18.9 Å². The summed E-state index contributed by atoms with van der Waals surface area (Å²) < 4.78 is 17.7. The highest BCUT2D eigenvalue weighted by molar-refractivity contribution is 6.02. The molecular formula is C34H41N3O4. The Balaban J connectivity index is 1.37. The molecule has 7 nitrogen and oxygen atoms in total. The number of benzene rings is 2. The van der Waals surface area contributed by atoms with Crippen LogP contribution in [0.5, 0.6) is 0 Å². The fourth-order valence-corrected chi connectivity index (χ4v) is 5.38. The maximum absolute atomic E-state index is 13.8. The van der Waals surface area contributed by atoms with E-state index in [0.717, 1.165) is 43.6 Å². The van der Waals surface area contributed by atoms with E-state index in [0.29, 0.717) is 36.1 Å². The fraction of sp³-hybridized carbons (Fsp3) is 0.412. The Bertz CT molecular complexity index is 1340. The Labute approximate surface area is 243 Å². The lowest BCUT2D eigenvalue weighted by atomic mass is 9.93. The van der Waals surface area contributed by atoms with E-state index >= 15 is 0 Å². The molecule has 0 aliphatic carbocycles. The first-order valence-corrected chi connectivity index (χ1v) is 14.8. The van der Waals surface area contributed by atoms with Gasteiger partial charge in [-0.1, -0.05) is 55.0 Å². The second-order valence-electron chi connectivity index (χ2n) is 10.9. The van der Waals surface area contributed by atoms with Gasteiger partial charge in [-0.2, -0.15) is 0 Å². The summed E-state index contributed by atoms with van der Waals surface area (Å²) >= 11 is 0. The van der Waals surface area contributed by atoms with Gasteiger partial charge in [0.15, 0.2) is 11.6 Å². The van der Waals surface area contributed by atoms with Crippen molar-refractivity contribution < 1.29 is 18.7 Å². The van der Waals surface area contributed by atoms with Gasteiger partial charge in [0.2, 0.25) is 0 Å². The number of aryl methyl sites for hydroxylation is 3. The topological polar surface area (TPSA) is 76.3 Å². The van der Waals surface area contributed by atoms with Gasteiger partial charge in [0.1, 0.15) is 6.04 Å². The Morgan fingerprint density at radius 2 is 1.83 bits per heavy atom. The van der Waals surface area contributed by atoms with E-state index in [9.17, 15) is 4.79 Å². The molecule has 41 heavy (non-hydrogen) atoms. The number of likely N-dealkylation sites (tertiary alicyclic amines) is 1. The van der Waals surface area contributed by atoms with E-state index in [2.05, 4.69) is 48.3 Å². The zero-order valence-electron chi connectivity index (χ0n) is 24.2. The van der Waals surface area contributed by atoms with Gasteiger partial charge < -0.3 is 24.1 Å². The molecule has 216 valence electrons. The van der Waals surface area contributed by atoms with Crippen LogP contribution in [0.1, 0.15) is 59.7 Å². The number of carbonyl (C=O) groups excluding carboxylic acids is 1. The molecule has 3 heterocycles. The van der Waals surface area contributed by atoms with Crippen LogP contribution in [0.2, 0.25) is 0 Å². The van der Waals surface area contributed by atoms with Crippen molar-refractivity contribution in [2.75, 3.05) is 39.5 Å². The molecule has 2 aliphatic rings. The van der Waals surface area contributed by atoms with Gasteiger partial charge in [0.25, 0.3) is 0 Å². The lowest BCUT2D eigenvalue weighted by Gasteiger charge is -2.28. The Kier molecular flexibility index (Phi) is 10.0. The van der Waals surface area contributed by atoms with Crippen LogP contribution in [-0.2, 0) is 20.7 Å². The summed E-state index contributed by atoms with van der Waals surface area (Å²) in [6.45, 7) is 8.45. The second kappa shape index (κ2) is 14.3. The van der Waals surface area contributed by atoms with Gasteiger partial charge in [-0.05, 0) is 87.0 Å². The molecule has 2 aromatic carbocycles. The third-order valence-corrected chi connectivity index (χ3v) is 7.88. The molecule has 3 aromatic rings. The second-order valence-corrected chi connectivity index (χ2v) is 10.9. The van der Waals surface area contributed by atoms with Gasteiger partial charge >= 0.3 is 5.97 Å². The van der Waals surface area contributed by atoms with E-state index < -0.39 is 6.04 Å². The van der Waals surface area contributed by atoms with E-state index in [1.165, 1.54) is 30.4 Å². The summed E-state index contributed by atoms with van der Waals surface area (Å²) in [5.41, 5.74) is 5.65. The highest BCUT2D eigenvalue weighted by atomic mass is 16.5. The molecule has 0 bridgehead atoms. The van der Waals surface area contributed by atoms with Gasteiger partial charge in [-0.15, -0.1) is 0 Å². The van der Waals surface area contributed by atoms with Crippen molar-refractivity contribution in [3.63, 3.8) is 0 Å². The van der Waals surface area contributed by atoms with Crippen LogP contribution < -0.4 is 5.32 Å². The number of aliphatic imine (C=N–C) groups is 1. The molecule has 2 aliphatic heterocycles. The fourth-order valence-electron chi connectivity index (χ4n) is 5.38. The number of carbonyl (C=O) groups is 1. The van der Waals surface area contributed by atoms with Crippen LogP contribution in [0.4, 0.5) is 0 Å². The van der Waals surface area contributed by atoms with E-state index in [-0.39, 0.29) is 12.6 Å². The lowest BCUT2D eigenvalue weighted by Crippen LogP contribution is -2.36. The van der Waals surface area contributed by atoms with Crippen molar-refractivity contribution in [2.45, 2.75) is 52.0 Å². The van der Waals surface area contributed by atoms with Crippen molar-refractivity contribution in [1.29, 1.82) is 0 Å². The zero-order valence-corrected chi connectivity index (χ0v) is 24.2. The number of esters is 1. The molecule has 0 amide bonds. The van der Waals surface area contributed by atoms with Crippen LogP contribution in [0, 0.1) is 13.8 Å². The first kappa shape index (κ1) is 28.8. The van der Waals surface area contributed by atoms with Crippen molar-refractivity contribution in [2.24, 2.45) is 4.99 Å². The molecule has 0 spiro atoms. The van der Waals surface area contributed by atoms with Gasteiger partial charge in [0, 0.05) is 6.54 Å². The van der Waals surface area contributed by atoms with E-state index in [1.807, 2.05) is 36.4 Å². The summed E-state index contributed by atoms with van der Waals surface area (Å²) in [6, 6.07) is 19.6. The minimum atomic E-state index is -0.544. The molecule has 1 fully saturated rings. The number of nitrogens with one attached hydrogen (secondary N) is 1. The minimum absolute atomic E-state index is 0.253. The predicted octanol–water partition coefficient (Wildman–Crippen LogP) is 5.92. The number of amidine groups is 1. The number of hydrogen-bond donors (Lipinski definition) is 1. The minimum Gasteiger partial charge on any atom is -0.462 e. The molecular weight excluding hydrogens is 514 g/mol. The van der Waals surface area contributed by atoms with Gasteiger partial charge in [-0.25, -0.2) is 4.79 Å². The maximum Gasteiger partial charge on any atom is 0.338 e. The van der Waals surface area contributed by atoms with Crippen LogP contribution in [0.25, 0.3) is 0 Å². The Morgan fingerprint density at radius 3 is 2.59 bits per heavy atom. The van der Waals surface area contributed by atoms with Crippen LogP contribution >= 0.6 is 0 Å². The summed E-state index contributed by atoms with van der Waals surface area (Å²) in [6.07, 6.45) is 7.01. The van der Waals surface area contributed by atoms with Crippen LogP contribution in [0.15, 0.2) is 87.6 Å². The van der Waals surface area contributed by atoms with Gasteiger partial charge in [0.05, 0.1) is 37.4 Å². The lowest BCUT2D eigenvalue weighted by molar-refractivity contribution is -0.139. The van der Waals surface area contributed by atoms with Gasteiger partial charge in [-0.3, -0.25) is 4.99 Å². The molecule has 1 unspecified atom stereocenters. The van der Waals surface area contributed by atoms with Crippen molar-refractivity contribution in [3.05, 3.63) is 106 Å². The predicted molar refractivity (Wildman–Crippen MR) is 161 cm³/mol. The highest BCUT2D eigenvalue weighted by Gasteiger charge is 2.33. The highest BCUT2D eigenvalue weighted by Crippen LogP contribution is 2.33. The molecule has 0 radical (unpaired) electrons. The molecule has 1 N–H and O–H groups in total. The average Bonchev–Trinajstić information content (AvgIpc) is 3.55. The Hall–Kier alpha value is -3.68. The number of piperidine rings is 1. The molecule has 1 aromatic heterocycles. The first-order valence-electron chi connectivity index (χ1n) is 14.8. The third-order valence-electron chi connectivity index (χ3n) is 7.88. The zero-order chi connectivity index (χ0) is 28.4. The van der Waals surface area contributed by atoms with Crippen LogP contribution in [0.3, 0.4) is 0 Å². The molecule has 5 rings (SSSR count).